The van der Waals surface area contributed by atoms with Crippen LogP contribution >= 0.6 is 0 Å². The Kier molecular flexibility index (Phi) is 2.06. The summed E-state index contributed by atoms with van der Waals surface area (Å²) in [6.07, 6.45) is 1.40. The van der Waals surface area contributed by atoms with Crippen molar-refractivity contribution in [3.63, 3.8) is 0 Å². The summed E-state index contributed by atoms with van der Waals surface area (Å²) >= 11 is 0. The second kappa shape index (κ2) is 3.01. The molecule has 1 heteroatoms. The third kappa shape index (κ3) is 1.63. The highest BCUT2D eigenvalue weighted by molar-refractivity contribution is 5.42. The van der Waals surface area contributed by atoms with Gasteiger partial charge in [-0.2, -0.15) is 0 Å². The molecule has 1 aliphatic rings. The molecule has 76 valence electrons. The topological polar surface area (TPSA) is 9.23 Å². The molecular weight excluding hydrogens is 172 g/mol. The molecule has 1 nitrogen and oxygen atoms in total. The van der Waals surface area contributed by atoms with Gasteiger partial charge in [-0.15, -0.1) is 0 Å². The summed E-state index contributed by atoms with van der Waals surface area (Å²) in [5.74, 6) is 1.07. The Labute approximate surface area is 86.1 Å². The van der Waals surface area contributed by atoms with Crippen LogP contribution < -0.4 is 4.74 Å². The smallest absolute Gasteiger partial charge is 0.123 e. The Bertz CT molecular complexity index is 347. The summed E-state index contributed by atoms with van der Waals surface area (Å²) in [7, 11) is 0. The first-order valence-corrected chi connectivity index (χ1v) is 5.27. The molecule has 0 spiro atoms. The average Bonchev–Trinajstić information content (AvgIpc) is 2.41. The number of hydrogen-bond acceptors (Lipinski definition) is 1. The minimum Gasteiger partial charge on any atom is -0.490 e. The van der Waals surface area contributed by atoms with Gasteiger partial charge in [0.2, 0.25) is 0 Å². The molecule has 0 saturated heterocycles. The van der Waals surface area contributed by atoms with Gasteiger partial charge in [0.25, 0.3) is 0 Å². The van der Waals surface area contributed by atoms with Crippen molar-refractivity contribution >= 4 is 0 Å². The highest BCUT2D eigenvalue weighted by Crippen LogP contribution is 2.33. The zero-order valence-electron chi connectivity index (χ0n) is 9.42. The number of benzene rings is 1. The largest absolute Gasteiger partial charge is 0.490 e. The van der Waals surface area contributed by atoms with Gasteiger partial charge < -0.3 is 4.74 Å². The minimum absolute atomic E-state index is 0.237. The molecule has 0 radical (unpaired) electrons. The number of fused-ring (bicyclic) bond motifs is 1. The molecule has 0 N–H and O–H groups in total. The summed E-state index contributed by atoms with van der Waals surface area (Å²) in [6, 6.07) is 6.58. The van der Waals surface area contributed by atoms with Crippen molar-refractivity contribution in [1.29, 1.82) is 0 Å². The van der Waals surface area contributed by atoms with Gasteiger partial charge in [0.1, 0.15) is 11.9 Å². The first-order valence-electron chi connectivity index (χ1n) is 5.27. The van der Waals surface area contributed by atoms with Crippen molar-refractivity contribution in [1.82, 2.24) is 0 Å². The Morgan fingerprint density at radius 3 is 2.64 bits per heavy atom. The molecule has 1 atom stereocenters. The van der Waals surface area contributed by atoms with Crippen LogP contribution in [-0.4, -0.2) is 6.10 Å². The molecule has 1 unspecified atom stereocenters. The maximum atomic E-state index is 5.67. The van der Waals surface area contributed by atoms with Crippen LogP contribution in [0.25, 0.3) is 0 Å². The van der Waals surface area contributed by atoms with Gasteiger partial charge >= 0.3 is 0 Å². The summed E-state index contributed by atoms with van der Waals surface area (Å²) in [6.45, 7) is 8.85. The number of hydrogen-bond donors (Lipinski definition) is 0. The zero-order chi connectivity index (χ0) is 10.3. The van der Waals surface area contributed by atoms with E-state index in [1.165, 1.54) is 11.1 Å². The lowest BCUT2D eigenvalue weighted by atomic mass is 9.86. The van der Waals surface area contributed by atoms with Crippen molar-refractivity contribution in [2.75, 3.05) is 0 Å². The second-order valence-electron chi connectivity index (χ2n) is 5.21. The Morgan fingerprint density at radius 2 is 2.00 bits per heavy atom. The molecule has 2 rings (SSSR count). The van der Waals surface area contributed by atoms with Gasteiger partial charge in [-0.25, -0.2) is 0 Å². The van der Waals surface area contributed by atoms with Gasteiger partial charge in [-0.3, -0.25) is 0 Å². The van der Waals surface area contributed by atoms with E-state index in [0.717, 1.165) is 12.2 Å². The summed E-state index contributed by atoms with van der Waals surface area (Å²) in [5, 5.41) is 0. The van der Waals surface area contributed by atoms with Crippen LogP contribution in [-0.2, 0) is 11.8 Å². The van der Waals surface area contributed by atoms with Crippen LogP contribution in [0, 0.1) is 0 Å². The predicted octanol–water partition coefficient (Wildman–Crippen LogP) is 3.31. The summed E-state index contributed by atoms with van der Waals surface area (Å²) < 4.78 is 5.67. The van der Waals surface area contributed by atoms with E-state index in [0.29, 0.717) is 6.10 Å². The first-order chi connectivity index (χ1) is 6.47. The van der Waals surface area contributed by atoms with E-state index in [-0.39, 0.29) is 5.41 Å². The second-order valence-corrected chi connectivity index (χ2v) is 5.21. The van der Waals surface area contributed by atoms with Crippen molar-refractivity contribution in [2.45, 2.75) is 45.6 Å². The molecule has 1 aliphatic heterocycles. The molecule has 1 aromatic rings. The van der Waals surface area contributed by atoms with Crippen LogP contribution in [0.5, 0.6) is 5.75 Å². The lowest BCUT2D eigenvalue weighted by Gasteiger charge is -2.19. The molecule has 0 saturated carbocycles. The molecule has 14 heavy (non-hydrogen) atoms. The SMILES string of the molecule is CC1Cc2cc(C(C)(C)C)ccc2O1. The predicted molar refractivity (Wildman–Crippen MR) is 58.9 cm³/mol. The lowest BCUT2D eigenvalue weighted by Crippen LogP contribution is -2.10. The van der Waals surface area contributed by atoms with E-state index >= 15 is 0 Å². The first kappa shape index (κ1) is 9.57. The normalized spacial score (nSPS) is 20.4. The molecule has 0 aromatic heterocycles. The Morgan fingerprint density at radius 1 is 1.29 bits per heavy atom. The minimum atomic E-state index is 0.237. The maximum Gasteiger partial charge on any atom is 0.123 e. The molecule has 0 amide bonds. The van der Waals surface area contributed by atoms with Crippen LogP contribution in [0.2, 0.25) is 0 Å². The van der Waals surface area contributed by atoms with Gasteiger partial charge in [0, 0.05) is 6.42 Å². The van der Waals surface area contributed by atoms with Crippen molar-refractivity contribution in [3.8, 4) is 5.75 Å². The van der Waals surface area contributed by atoms with E-state index in [4.69, 9.17) is 4.74 Å². The fraction of sp³-hybridized carbons (Fsp3) is 0.538. The third-order valence-corrected chi connectivity index (χ3v) is 2.76. The van der Waals surface area contributed by atoms with E-state index in [1.54, 1.807) is 0 Å². The van der Waals surface area contributed by atoms with Gasteiger partial charge in [-0.1, -0.05) is 32.9 Å². The van der Waals surface area contributed by atoms with Crippen LogP contribution in [0.3, 0.4) is 0 Å². The van der Waals surface area contributed by atoms with Crippen molar-refractivity contribution in [2.24, 2.45) is 0 Å². The monoisotopic (exact) mass is 190 g/mol. The quantitative estimate of drug-likeness (QED) is 0.610. The fourth-order valence-corrected chi connectivity index (χ4v) is 1.89. The maximum absolute atomic E-state index is 5.67. The van der Waals surface area contributed by atoms with Crippen molar-refractivity contribution < 1.29 is 4.74 Å². The van der Waals surface area contributed by atoms with E-state index in [2.05, 4.69) is 45.9 Å². The molecular formula is C13H18O. The van der Waals surface area contributed by atoms with E-state index < -0.39 is 0 Å². The summed E-state index contributed by atoms with van der Waals surface area (Å²) in [4.78, 5) is 0. The van der Waals surface area contributed by atoms with Gasteiger partial charge in [0.15, 0.2) is 0 Å². The Balaban J connectivity index is 2.38. The van der Waals surface area contributed by atoms with Gasteiger partial charge in [-0.05, 0) is 29.5 Å². The third-order valence-electron chi connectivity index (χ3n) is 2.76. The Hall–Kier alpha value is -0.980. The zero-order valence-corrected chi connectivity index (χ0v) is 9.42. The average molecular weight is 190 g/mol. The number of ether oxygens (including phenoxy) is 1. The fourth-order valence-electron chi connectivity index (χ4n) is 1.89. The number of rotatable bonds is 0. The molecule has 1 heterocycles. The van der Waals surface area contributed by atoms with Crippen LogP contribution in [0.15, 0.2) is 18.2 Å². The van der Waals surface area contributed by atoms with E-state index in [1.807, 2.05) is 0 Å². The highest BCUT2D eigenvalue weighted by atomic mass is 16.5. The van der Waals surface area contributed by atoms with Crippen LogP contribution in [0.1, 0.15) is 38.8 Å². The molecule has 0 aliphatic carbocycles. The summed E-state index contributed by atoms with van der Waals surface area (Å²) in [5.41, 5.74) is 3.00. The molecule has 0 bridgehead atoms. The van der Waals surface area contributed by atoms with Crippen molar-refractivity contribution in [3.05, 3.63) is 29.3 Å². The van der Waals surface area contributed by atoms with Gasteiger partial charge in [0.05, 0.1) is 0 Å². The van der Waals surface area contributed by atoms with Crippen LogP contribution in [0.4, 0.5) is 0 Å². The standard InChI is InChI=1S/C13H18O/c1-9-7-10-8-11(13(2,3)4)5-6-12(10)14-9/h5-6,8-9H,7H2,1-4H3. The molecule has 1 aromatic carbocycles. The molecule has 0 fully saturated rings. The highest BCUT2D eigenvalue weighted by Gasteiger charge is 2.21. The van der Waals surface area contributed by atoms with E-state index in [9.17, 15) is 0 Å². The lowest BCUT2D eigenvalue weighted by molar-refractivity contribution is 0.254.